The van der Waals surface area contributed by atoms with Crippen LogP contribution in [0.15, 0.2) is 17.3 Å². The van der Waals surface area contributed by atoms with E-state index in [2.05, 4.69) is 59.8 Å². The minimum absolute atomic E-state index is 0.0308. The summed E-state index contributed by atoms with van der Waals surface area (Å²) in [5.41, 5.74) is 11.6. The van der Waals surface area contributed by atoms with Crippen molar-refractivity contribution in [3.05, 3.63) is 28.6 Å². The molecule has 0 radical (unpaired) electrons. The average molecular weight is 710 g/mol. The van der Waals surface area contributed by atoms with Gasteiger partial charge in [-0.15, -0.1) is 16.9 Å². The first-order valence-corrected chi connectivity index (χ1v) is 18.9. The monoisotopic (exact) mass is 709 g/mol. The maximum atomic E-state index is 13.5. The molecule has 7 N–H and O–H groups in total. The van der Waals surface area contributed by atoms with Crippen LogP contribution in [-0.4, -0.2) is 97.6 Å². The first kappa shape index (κ1) is 31.7. The summed E-state index contributed by atoms with van der Waals surface area (Å²) < 4.78 is 49.8. The number of aromatic nitrogens is 9. The van der Waals surface area contributed by atoms with Gasteiger partial charge in [-0.25, -0.2) is 23.7 Å². The zero-order chi connectivity index (χ0) is 31.3. The molecule has 6 heterocycles. The largest absolute Gasteiger partial charge is 0.390 e. The van der Waals surface area contributed by atoms with Gasteiger partial charge in [-0.1, -0.05) is 29.7 Å². The molecule has 2 fully saturated rings. The normalized spacial score (nSPS) is 29.4. The van der Waals surface area contributed by atoms with E-state index in [4.69, 9.17) is 29.8 Å². The van der Waals surface area contributed by atoms with E-state index < -0.39 is 67.3 Å². The maximum Gasteiger partial charge on any atom is 0.386 e. The molecule has 0 spiro atoms. The van der Waals surface area contributed by atoms with Gasteiger partial charge in [-0.05, 0) is 0 Å². The number of aliphatic hydroxyl groups is 2. The molecule has 44 heavy (non-hydrogen) atoms. The van der Waals surface area contributed by atoms with Gasteiger partial charge in [0.1, 0.15) is 30.0 Å². The second-order valence-electron chi connectivity index (χ2n) is 9.65. The molecule has 0 aliphatic carbocycles. The van der Waals surface area contributed by atoms with Crippen LogP contribution in [0.5, 0.6) is 0 Å². The fraction of sp³-hybridized carbons (Fsp3) is 0.526. The molecule has 4 aromatic rings. The Bertz CT molecular complexity index is 1830. The number of thiol groups is 2. The van der Waals surface area contributed by atoms with E-state index in [-0.39, 0.29) is 36.0 Å². The van der Waals surface area contributed by atoms with Crippen molar-refractivity contribution in [3.8, 4) is 0 Å². The highest BCUT2D eigenvalue weighted by molar-refractivity contribution is 8.44. The third-order valence-corrected chi connectivity index (χ3v) is 10.8. The lowest BCUT2D eigenvalue weighted by molar-refractivity contribution is -0.0262. The molecule has 20 nitrogen and oxygen atoms in total. The molecule has 238 valence electrons. The molecule has 2 aliphatic heterocycles. The van der Waals surface area contributed by atoms with Crippen LogP contribution in [0.25, 0.3) is 16.8 Å². The van der Waals surface area contributed by atoms with E-state index in [9.17, 15) is 24.1 Å². The number of ether oxygens (including phenoxy) is 1. The van der Waals surface area contributed by atoms with Crippen molar-refractivity contribution < 1.29 is 37.7 Å². The zero-order valence-corrected chi connectivity index (χ0v) is 26.6. The third kappa shape index (κ3) is 6.23. The van der Waals surface area contributed by atoms with Gasteiger partial charge >= 0.3 is 6.80 Å². The SMILES string of the molecule is Nc1nc2c(nnn2[C@@H]2S[C@H](CO[PH](=O)S)[C@@H](O)[C@H]2OP(=O)(S)OC[C@H]2O[C@@H](c3cnc4c(N)ncnn34)C[C@@H]2O)c(=O)[nH]1. The summed E-state index contributed by atoms with van der Waals surface area (Å²) in [6, 6.07) is 0. The first-order valence-electron chi connectivity index (χ1n) is 12.6. The van der Waals surface area contributed by atoms with Gasteiger partial charge in [0, 0.05) is 6.42 Å². The van der Waals surface area contributed by atoms with Crippen molar-refractivity contribution in [2.45, 2.75) is 47.6 Å². The van der Waals surface area contributed by atoms with Gasteiger partial charge in [0.2, 0.25) is 13.2 Å². The second kappa shape index (κ2) is 12.5. The Morgan fingerprint density at radius 3 is 2.84 bits per heavy atom. The highest BCUT2D eigenvalue weighted by atomic mass is 32.7. The predicted molar refractivity (Wildman–Crippen MR) is 162 cm³/mol. The van der Waals surface area contributed by atoms with Gasteiger partial charge in [0.15, 0.2) is 22.6 Å². The maximum absolute atomic E-state index is 13.5. The highest BCUT2D eigenvalue weighted by Crippen LogP contribution is 2.59. The Labute approximate surface area is 261 Å². The number of rotatable bonds is 10. The summed E-state index contributed by atoms with van der Waals surface area (Å²) in [7, 11) is -2.65. The lowest BCUT2D eigenvalue weighted by atomic mass is 10.1. The van der Waals surface area contributed by atoms with Crippen LogP contribution >= 0.6 is 50.3 Å². The Hall–Kier alpha value is -2.30. The Balaban J connectivity index is 1.18. The van der Waals surface area contributed by atoms with E-state index >= 15 is 0 Å². The van der Waals surface area contributed by atoms with Gasteiger partial charge < -0.3 is 30.9 Å². The number of nitrogens with one attached hydrogen (secondary N) is 1. The van der Waals surface area contributed by atoms with E-state index in [1.165, 1.54) is 21.7 Å². The van der Waals surface area contributed by atoms with Gasteiger partial charge in [-0.3, -0.25) is 23.4 Å². The molecular formula is C19H25N11O9P2S3. The van der Waals surface area contributed by atoms with E-state index in [0.717, 1.165) is 11.8 Å². The third-order valence-electron chi connectivity index (χ3n) is 6.85. The number of anilines is 2. The van der Waals surface area contributed by atoms with E-state index in [1.54, 1.807) is 0 Å². The topological polar surface area (TPSA) is 283 Å². The summed E-state index contributed by atoms with van der Waals surface area (Å²) in [4.78, 5) is 26.8. The smallest absolute Gasteiger partial charge is 0.386 e. The van der Waals surface area contributed by atoms with Crippen LogP contribution in [0.4, 0.5) is 11.8 Å². The van der Waals surface area contributed by atoms with E-state index in [0.29, 0.717) is 11.3 Å². The molecule has 4 aromatic heterocycles. The second-order valence-corrected chi connectivity index (χ2v) is 15.8. The van der Waals surface area contributed by atoms with Gasteiger partial charge in [0.05, 0.1) is 42.6 Å². The number of nitrogens with two attached hydrogens (primary N) is 2. The van der Waals surface area contributed by atoms with Crippen molar-refractivity contribution in [3.63, 3.8) is 0 Å². The minimum Gasteiger partial charge on any atom is -0.390 e. The fourth-order valence-corrected chi connectivity index (χ4v) is 8.51. The highest BCUT2D eigenvalue weighted by Gasteiger charge is 2.50. The Morgan fingerprint density at radius 2 is 2.07 bits per heavy atom. The average Bonchev–Trinajstić information content (AvgIpc) is 3.72. The molecule has 9 atom stereocenters. The molecule has 6 rings (SSSR count). The fourth-order valence-electron chi connectivity index (χ4n) is 4.84. The van der Waals surface area contributed by atoms with Crippen LogP contribution < -0.4 is 17.0 Å². The van der Waals surface area contributed by atoms with Crippen LogP contribution in [0.3, 0.4) is 0 Å². The van der Waals surface area contributed by atoms with Crippen molar-refractivity contribution >= 4 is 78.9 Å². The number of aromatic amines is 1. The summed E-state index contributed by atoms with van der Waals surface area (Å²) >= 11 is 8.89. The summed E-state index contributed by atoms with van der Waals surface area (Å²) in [5, 5.41) is 32.0. The molecule has 0 amide bonds. The molecule has 0 bridgehead atoms. The number of aliphatic hydroxyl groups excluding tert-OH is 2. The van der Waals surface area contributed by atoms with Crippen molar-refractivity contribution in [2.24, 2.45) is 0 Å². The van der Waals surface area contributed by atoms with Crippen molar-refractivity contribution in [1.82, 2.24) is 44.5 Å². The molecule has 2 unspecified atom stereocenters. The van der Waals surface area contributed by atoms with Crippen LogP contribution in [0, 0.1) is 0 Å². The number of fused-ring (bicyclic) bond motifs is 2. The summed E-state index contributed by atoms with van der Waals surface area (Å²) in [6.45, 7) is -4.89. The number of hydrogen-bond donors (Lipinski definition) is 7. The molecule has 2 aliphatic rings. The number of hydrogen-bond acceptors (Lipinski definition) is 18. The lowest BCUT2D eigenvalue weighted by Crippen LogP contribution is -2.35. The van der Waals surface area contributed by atoms with Crippen LogP contribution in [0.1, 0.15) is 23.6 Å². The zero-order valence-electron chi connectivity index (χ0n) is 22.1. The molecule has 0 saturated carbocycles. The van der Waals surface area contributed by atoms with Gasteiger partial charge in [-0.2, -0.15) is 10.1 Å². The number of nitrogens with zero attached hydrogens (tertiary/aromatic N) is 8. The minimum atomic E-state index is -4.28. The Morgan fingerprint density at radius 1 is 1.27 bits per heavy atom. The number of nitrogen functional groups attached to an aromatic ring is 2. The van der Waals surface area contributed by atoms with Crippen LogP contribution in [0.2, 0.25) is 0 Å². The molecule has 0 aromatic carbocycles. The lowest BCUT2D eigenvalue weighted by Gasteiger charge is -2.25. The van der Waals surface area contributed by atoms with E-state index in [1.807, 2.05) is 0 Å². The van der Waals surface area contributed by atoms with Crippen LogP contribution in [-0.2, 0) is 27.4 Å². The number of imidazole rings is 1. The van der Waals surface area contributed by atoms with Crippen molar-refractivity contribution in [2.75, 3.05) is 24.7 Å². The number of thioether (sulfide) groups is 1. The van der Waals surface area contributed by atoms with Crippen molar-refractivity contribution in [1.29, 1.82) is 0 Å². The first-order chi connectivity index (χ1) is 20.9. The molecule has 25 heteroatoms. The quantitative estimate of drug-likeness (QED) is 0.0826. The summed E-state index contributed by atoms with van der Waals surface area (Å²) in [6.07, 6.45) is -2.43. The predicted octanol–water partition coefficient (Wildman–Crippen LogP) is -0.242. The molecular weight excluding hydrogens is 684 g/mol. The van der Waals surface area contributed by atoms with Gasteiger partial charge in [0.25, 0.3) is 5.56 Å². The number of H-pyrrole nitrogens is 1. The molecule has 2 saturated heterocycles. The Kier molecular flexibility index (Phi) is 8.98. The summed E-state index contributed by atoms with van der Waals surface area (Å²) in [5.74, 6) is -0.0424. The standard InChI is InChI=1S/C19H25N11O9P2S3/c20-14-16-22-2-6(29(16)24-5-23-14)8-1-7(31)9(38-8)3-37-41(35,43)39-13-12(32)10(4-36-40(34)42)44-18(13)30-15-11(27-28-30)17(33)26-19(21)25-15/h2,5,7-10,12-13,18,31-32,40H,1,3-4H2,(H,34,42)(H,35,43)(H2,20,23,24)(H3,21,25,26,33)/t7-,8+,9+,10+,12+,13+,18+,41?/m0/s1.